The van der Waals surface area contributed by atoms with Crippen LogP contribution < -0.4 is 0 Å². The van der Waals surface area contributed by atoms with Gasteiger partial charge in [0.05, 0.1) is 17.9 Å². The maximum atomic E-state index is 12.4. The summed E-state index contributed by atoms with van der Waals surface area (Å²) < 4.78 is 0. The quantitative estimate of drug-likeness (QED) is 0.769. The van der Waals surface area contributed by atoms with Crippen molar-refractivity contribution in [3.8, 4) is 0 Å². The van der Waals surface area contributed by atoms with Crippen LogP contribution in [0.25, 0.3) is 0 Å². The molecule has 0 fully saturated rings. The van der Waals surface area contributed by atoms with Gasteiger partial charge >= 0.3 is 0 Å². The van der Waals surface area contributed by atoms with E-state index in [0.29, 0.717) is 18.7 Å². The number of nitrogens with zero attached hydrogens (tertiary/aromatic N) is 2. The Kier molecular flexibility index (Phi) is 6.50. The fourth-order valence-corrected chi connectivity index (χ4v) is 2.07. The number of carbonyl (C=O) groups excluding carboxylic acids is 1. The van der Waals surface area contributed by atoms with Gasteiger partial charge in [0.25, 0.3) is 5.91 Å². The summed E-state index contributed by atoms with van der Waals surface area (Å²) in [5.41, 5.74) is 2.30. The molecule has 1 heterocycles. The fraction of sp³-hybridized carbons (Fsp3) is 0.600. The molecule has 0 atom stereocenters. The number of amides is 1. The summed E-state index contributed by atoms with van der Waals surface area (Å²) in [5, 5.41) is 9.09. The monoisotopic (exact) mass is 264 g/mol. The van der Waals surface area contributed by atoms with Crippen molar-refractivity contribution in [3.05, 3.63) is 29.1 Å². The third kappa shape index (κ3) is 4.63. The summed E-state index contributed by atoms with van der Waals surface area (Å²) in [4.78, 5) is 18.5. The zero-order valence-electron chi connectivity index (χ0n) is 12.1. The first kappa shape index (κ1) is 15.6. The lowest BCUT2D eigenvalue weighted by molar-refractivity contribution is 0.0717. The summed E-state index contributed by atoms with van der Waals surface area (Å²) in [6.07, 6.45) is 3.19. The highest BCUT2D eigenvalue weighted by Gasteiger charge is 2.17. The van der Waals surface area contributed by atoms with Gasteiger partial charge in [-0.2, -0.15) is 0 Å². The summed E-state index contributed by atoms with van der Waals surface area (Å²) >= 11 is 0. The van der Waals surface area contributed by atoms with Crippen molar-refractivity contribution in [2.75, 3.05) is 19.7 Å². The van der Waals surface area contributed by atoms with Gasteiger partial charge in [-0.05, 0) is 32.4 Å². The van der Waals surface area contributed by atoms with Crippen LogP contribution in [0, 0.1) is 13.8 Å². The molecule has 1 aromatic heterocycles. The lowest BCUT2D eigenvalue weighted by Gasteiger charge is -2.22. The summed E-state index contributed by atoms with van der Waals surface area (Å²) in [6.45, 7) is 6.97. The maximum Gasteiger partial charge on any atom is 0.255 e. The molecule has 19 heavy (non-hydrogen) atoms. The van der Waals surface area contributed by atoms with Gasteiger partial charge in [0.1, 0.15) is 0 Å². The Morgan fingerprint density at radius 2 is 2.00 bits per heavy atom. The second-order valence-corrected chi connectivity index (χ2v) is 4.81. The Hall–Kier alpha value is -1.42. The average molecular weight is 264 g/mol. The summed E-state index contributed by atoms with van der Waals surface area (Å²) in [7, 11) is 0. The van der Waals surface area contributed by atoms with Crippen LogP contribution in [0.3, 0.4) is 0 Å². The molecular weight excluding hydrogens is 240 g/mol. The molecule has 106 valence electrons. The van der Waals surface area contributed by atoms with E-state index in [2.05, 4.69) is 11.9 Å². The van der Waals surface area contributed by atoms with Gasteiger partial charge < -0.3 is 10.0 Å². The lowest BCUT2D eigenvalue weighted by Crippen LogP contribution is -2.35. The van der Waals surface area contributed by atoms with Crippen molar-refractivity contribution in [1.82, 2.24) is 9.88 Å². The number of aromatic nitrogens is 1. The molecule has 0 radical (unpaired) electrons. The molecule has 1 N–H and O–H groups in total. The zero-order chi connectivity index (χ0) is 14.3. The van der Waals surface area contributed by atoms with E-state index in [1.165, 1.54) is 0 Å². The van der Waals surface area contributed by atoms with E-state index < -0.39 is 0 Å². The Labute approximate surface area is 115 Å². The van der Waals surface area contributed by atoms with Crippen molar-refractivity contribution in [2.24, 2.45) is 0 Å². The van der Waals surface area contributed by atoms with Gasteiger partial charge in [0.15, 0.2) is 0 Å². The molecular formula is C15H24N2O2. The number of carbonyl (C=O) groups is 1. The molecule has 0 aromatic carbocycles. The first-order chi connectivity index (χ1) is 9.10. The second-order valence-electron chi connectivity index (χ2n) is 4.81. The van der Waals surface area contributed by atoms with Gasteiger partial charge in [-0.3, -0.25) is 9.78 Å². The number of rotatable bonds is 7. The van der Waals surface area contributed by atoms with E-state index in [1.807, 2.05) is 26.0 Å². The summed E-state index contributed by atoms with van der Waals surface area (Å²) in [5.74, 6) is -0.0323. The number of pyridine rings is 1. The molecule has 0 aliphatic carbocycles. The number of unbranched alkanes of at least 4 members (excludes halogenated alkanes) is 2. The predicted molar refractivity (Wildman–Crippen MR) is 76.2 cm³/mol. The Balaban J connectivity index is 2.79. The highest BCUT2D eigenvalue weighted by molar-refractivity contribution is 5.95. The van der Waals surface area contributed by atoms with Crippen LogP contribution in [-0.4, -0.2) is 40.6 Å². The molecule has 1 aromatic rings. The summed E-state index contributed by atoms with van der Waals surface area (Å²) in [6, 6.07) is 3.67. The van der Waals surface area contributed by atoms with Crippen molar-refractivity contribution >= 4 is 5.91 Å². The van der Waals surface area contributed by atoms with Gasteiger partial charge in [0.2, 0.25) is 0 Å². The molecule has 0 saturated heterocycles. The van der Waals surface area contributed by atoms with E-state index in [1.54, 1.807) is 4.90 Å². The van der Waals surface area contributed by atoms with Crippen LogP contribution in [0.2, 0.25) is 0 Å². The van der Waals surface area contributed by atoms with E-state index in [4.69, 9.17) is 5.11 Å². The molecule has 0 bridgehead atoms. The van der Waals surface area contributed by atoms with Gasteiger partial charge in [-0.1, -0.05) is 19.8 Å². The SMILES string of the molecule is CCCCCN(CCO)C(=O)c1ccc(C)nc1C. The first-order valence-electron chi connectivity index (χ1n) is 6.94. The van der Waals surface area contributed by atoms with Crippen LogP contribution in [0.4, 0.5) is 0 Å². The van der Waals surface area contributed by atoms with E-state index >= 15 is 0 Å². The van der Waals surface area contributed by atoms with Gasteiger partial charge in [0, 0.05) is 18.8 Å². The minimum Gasteiger partial charge on any atom is -0.395 e. The molecule has 0 saturated carbocycles. The van der Waals surface area contributed by atoms with Crippen molar-refractivity contribution < 1.29 is 9.90 Å². The molecule has 0 unspecified atom stereocenters. The van der Waals surface area contributed by atoms with E-state index in [0.717, 1.165) is 30.7 Å². The third-order valence-corrected chi connectivity index (χ3v) is 3.14. The Morgan fingerprint density at radius 3 is 2.58 bits per heavy atom. The predicted octanol–water partition coefficient (Wildman–Crippen LogP) is 2.32. The van der Waals surface area contributed by atoms with Crippen LogP contribution in [0.5, 0.6) is 0 Å². The van der Waals surface area contributed by atoms with Crippen LogP contribution in [0.15, 0.2) is 12.1 Å². The number of hydrogen-bond donors (Lipinski definition) is 1. The van der Waals surface area contributed by atoms with Crippen LogP contribution in [0.1, 0.15) is 47.9 Å². The highest BCUT2D eigenvalue weighted by Crippen LogP contribution is 2.11. The Morgan fingerprint density at radius 1 is 1.26 bits per heavy atom. The van der Waals surface area contributed by atoms with Gasteiger partial charge in [-0.15, -0.1) is 0 Å². The largest absolute Gasteiger partial charge is 0.395 e. The minimum absolute atomic E-state index is 0.00377. The molecule has 4 heteroatoms. The van der Waals surface area contributed by atoms with Gasteiger partial charge in [-0.25, -0.2) is 0 Å². The van der Waals surface area contributed by atoms with Crippen molar-refractivity contribution in [1.29, 1.82) is 0 Å². The lowest BCUT2D eigenvalue weighted by atomic mass is 10.1. The molecule has 0 aliphatic rings. The number of aliphatic hydroxyl groups excluding tert-OH is 1. The average Bonchev–Trinajstić information content (AvgIpc) is 2.37. The molecule has 0 spiro atoms. The molecule has 1 rings (SSSR count). The molecule has 4 nitrogen and oxygen atoms in total. The van der Waals surface area contributed by atoms with Crippen molar-refractivity contribution in [3.63, 3.8) is 0 Å². The smallest absolute Gasteiger partial charge is 0.255 e. The number of aryl methyl sites for hydroxylation is 2. The third-order valence-electron chi connectivity index (χ3n) is 3.14. The second kappa shape index (κ2) is 7.89. The standard InChI is InChI=1S/C15H24N2O2/c1-4-5-6-9-17(10-11-18)15(19)14-8-7-12(2)16-13(14)3/h7-8,18H,4-6,9-11H2,1-3H3. The Bertz CT molecular complexity index is 419. The van der Waals surface area contributed by atoms with E-state index in [9.17, 15) is 4.79 Å². The van der Waals surface area contributed by atoms with Crippen LogP contribution in [-0.2, 0) is 0 Å². The van der Waals surface area contributed by atoms with Crippen molar-refractivity contribution in [2.45, 2.75) is 40.0 Å². The van der Waals surface area contributed by atoms with Crippen LogP contribution >= 0.6 is 0 Å². The highest BCUT2D eigenvalue weighted by atomic mass is 16.3. The maximum absolute atomic E-state index is 12.4. The number of hydrogen-bond acceptors (Lipinski definition) is 3. The zero-order valence-corrected chi connectivity index (χ0v) is 12.1. The number of aliphatic hydroxyl groups is 1. The topological polar surface area (TPSA) is 53.4 Å². The molecule has 0 aliphatic heterocycles. The first-order valence-corrected chi connectivity index (χ1v) is 6.94. The van der Waals surface area contributed by atoms with E-state index in [-0.39, 0.29) is 12.5 Å². The molecule has 1 amide bonds. The fourth-order valence-electron chi connectivity index (χ4n) is 2.07. The normalized spacial score (nSPS) is 10.5. The minimum atomic E-state index is -0.0323.